The van der Waals surface area contributed by atoms with Gasteiger partial charge in [0.2, 0.25) is 0 Å². The highest BCUT2D eigenvalue weighted by Crippen LogP contribution is 2.31. The Morgan fingerprint density at radius 3 is 2.27 bits per heavy atom. The molecule has 1 fully saturated rings. The summed E-state index contributed by atoms with van der Waals surface area (Å²) in [6, 6.07) is 25.7. The monoisotopic (exact) mass is 443 g/mol. The topological polar surface area (TPSA) is 87.7 Å². The van der Waals surface area contributed by atoms with Crippen molar-refractivity contribution in [2.75, 3.05) is 6.61 Å². The number of hydrogen-bond acceptors (Lipinski definition) is 4. The van der Waals surface area contributed by atoms with Gasteiger partial charge in [-0.3, -0.25) is 15.0 Å². The lowest BCUT2D eigenvalue weighted by molar-refractivity contribution is -0.140. The highest BCUT2D eigenvalue weighted by Gasteiger charge is 2.52. The molecule has 0 unspecified atom stereocenters. The summed E-state index contributed by atoms with van der Waals surface area (Å²) in [6.45, 7) is 1.47. The molecule has 0 bridgehead atoms. The van der Waals surface area contributed by atoms with Crippen molar-refractivity contribution in [2.45, 2.75) is 25.3 Å². The van der Waals surface area contributed by atoms with Gasteiger partial charge in [0.05, 0.1) is 0 Å². The van der Waals surface area contributed by atoms with E-state index in [-0.39, 0.29) is 6.61 Å². The molecule has 0 radical (unpaired) electrons. The molecule has 1 heterocycles. The quantitative estimate of drug-likeness (QED) is 0.522. The molecular weight excluding hydrogens is 418 g/mol. The molecule has 4 rings (SSSR count). The van der Waals surface area contributed by atoms with Gasteiger partial charge in [-0.1, -0.05) is 85.8 Å². The Balaban J connectivity index is 1.42. The highest BCUT2D eigenvalue weighted by molar-refractivity contribution is 6.08. The van der Waals surface area contributed by atoms with Crippen LogP contribution >= 0.6 is 0 Å². The maximum atomic E-state index is 13.1. The molecule has 1 aliphatic heterocycles. The summed E-state index contributed by atoms with van der Waals surface area (Å²) in [6.07, 6.45) is 0.999. The Labute approximate surface area is 192 Å². The zero-order valence-corrected chi connectivity index (χ0v) is 18.3. The second kappa shape index (κ2) is 9.56. The van der Waals surface area contributed by atoms with Gasteiger partial charge in [-0.2, -0.15) is 5.01 Å². The Morgan fingerprint density at radius 1 is 0.939 bits per heavy atom. The van der Waals surface area contributed by atoms with E-state index in [4.69, 9.17) is 4.74 Å². The van der Waals surface area contributed by atoms with Gasteiger partial charge in [-0.05, 0) is 29.2 Å². The number of carbonyl (C=O) groups is 3. The summed E-state index contributed by atoms with van der Waals surface area (Å²) in [5, 5.41) is 3.46. The second-order valence-electron chi connectivity index (χ2n) is 7.79. The van der Waals surface area contributed by atoms with Gasteiger partial charge >= 0.3 is 6.03 Å². The molecule has 33 heavy (non-hydrogen) atoms. The average Bonchev–Trinajstić information content (AvgIpc) is 3.10. The largest absolute Gasteiger partial charge is 0.483 e. The first-order valence-corrected chi connectivity index (χ1v) is 10.8. The number of amides is 4. The molecule has 0 aliphatic carbocycles. The number of hydrazine groups is 1. The van der Waals surface area contributed by atoms with Crippen LogP contribution in [0.15, 0.2) is 84.9 Å². The van der Waals surface area contributed by atoms with E-state index in [9.17, 15) is 14.4 Å². The minimum Gasteiger partial charge on any atom is -0.483 e. The molecule has 0 spiro atoms. The van der Waals surface area contributed by atoms with E-state index in [0.29, 0.717) is 24.2 Å². The van der Waals surface area contributed by atoms with Crippen molar-refractivity contribution in [1.82, 2.24) is 15.8 Å². The summed E-state index contributed by atoms with van der Waals surface area (Å²) in [5.41, 5.74) is 3.88. The lowest BCUT2D eigenvalue weighted by Crippen LogP contribution is -2.49. The third kappa shape index (κ3) is 4.57. The van der Waals surface area contributed by atoms with E-state index in [0.717, 1.165) is 16.1 Å². The van der Waals surface area contributed by atoms with Gasteiger partial charge in [0.25, 0.3) is 11.8 Å². The van der Waals surface area contributed by atoms with Gasteiger partial charge < -0.3 is 10.1 Å². The van der Waals surface area contributed by atoms with Gasteiger partial charge in [-0.15, -0.1) is 0 Å². The predicted octanol–water partition coefficient (Wildman–Crippen LogP) is 3.54. The lowest BCUT2D eigenvalue weighted by atomic mass is 9.87. The molecule has 1 atom stereocenters. The number of para-hydroxylation sites is 1. The SMILES string of the molecule is CC[C@]1(c2ccccc2)NC(=O)N(NC(=O)COc2ccccc2Cc2ccccc2)C1=O. The van der Waals surface area contributed by atoms with Crippen molar-refractivity contribution in [2.24, 2.45) is 0 Å². The van der Waals surface area contributed by atoms with Crippen LogP contribution in [-0.2, 0) is 21.5 Å². The van der Waals surface area contributed by atoms with Crippen molar-refractivity contribution in [1.29, 1.82) is 0 Å². The van der Waals surface area contributed by atoms with Crippen LogP contribution in [0.25, 0.3) is 0 Å². The van der Waals surface area contributed by atoms with Gasteiger partial charge in [0.15, 0.2) is 6.61 Å². The van der Waals surface area contributed by atoms with Crippen LogP contribution in [0.3, 0.4) is 0 Å². The summed E-state index contributed by atoms with van der Waals surface area (Å²) in [5.74, 6) is -0.562. The first-order valence-electron chi connectivity index (χ1n) is 10.8. The summed E-state index contributed by atoms with van der Waals surface area (Å²) in [7, 11) is 0. The molecule has 168 valence electrons. The van der Waals surface area contributed by atoms with Crippen LogP contribution in [0.4, 0.5) is 4.79 Å². The fourth-order valence-electron chi connectivity index (χ4n) is 3.95. The fraction of sp³-hybridized carbons (Fsp3) is 0.192. The van der Waals surface area contributed by atoms with Gasteiger partial charge in [-0.25, -0.2) is 4.79 Å². The van der Waals surface area contributed by atoms with Gasteiger partial charge in [0.1, 0.15) is 11.3 Å². The number of nitrogens with zero attached hydrogens (tertiary/aromatic N) is 1. The number of benzene rings is 3. The first kappa shape index (κ1) is 22.1. The molecule has 3 aromatic carbocycles. The van der Waals surface area contributed by atoms with Crippen LogP contribution in [0.2, 0.25) is 0 Å². The average molecular weight is 444 g/mol. The van der Waals surface area contributed by atoms with E-state index < -0.39 is 23.4 Å². The lowest BCUT2D eigenvalue weighted by Gasteiger charge is -2.25. The van der Waals surface area contributed by atoms with E-state index in [1.165, 1.54) is 0 Å². The highest BCUT2D eigenvalue weighted by atomic mass is 16.5. The predicted molar refractivity (Wildman–Crippen MR) is 123 cm³/mol. The molecule has 1 aliphatic rings. The van der Waals surface area contributed by atoms with Crippen molar-refractivity contribution in [3.05, 3.63) is 102 Å². The molecule has 0 saturated carbocycles. The Morgan fingerprint density at radius 2 is 1.58 bits per heavy atom. The molecule has 7 nitrogen and oxygen atoms in total. The summed E-state index contributed by atoms with van der Waals surface area (Å²) in [4.78, 5) is 38.2. The molecular formula is C26H25N3O4. The zero-order chi connectivity index (χ0) is 23.3. The Bertz CT molecular complexity index is 1150. The normalized spacial score (nSPS) is 17.5. The Kier molecular flexibility index (Phi) is 6.40. The van der Waals surface area contributed by atoms with Crippen molar-refractivity contribution in [3.63, 3.8) is 0 Å². The van der Waals surface area contributed by atoms with E-state index in [1.54, 1.807) is 30.3 Å². The first-order chi connectivity index (χ1) is 16.0. The second-order valence-corrected chi connectivity index (χ2v) is 7.79. The molecule has 1 saturated heterocycles. The van der Waals surface area contributed by atoms with Crippen molar-refractivity contribution >= 4 is 17.8 Å². The van der Waals surface area contributed by atoms with Crippen LogP contribution in [-0.4, -0.2) is 29.5 Å². The number of imide groups is 1. The summed E-state index contributed by atoms with van der Waals surface area (Å²) >= 11 is 0. The molecule has 3 aromatic rings. The Hall–Kier alpha value is -4.13. The molecule has 7 heteroatoms. The number of hydrogen-bond donors (Lipinski definition) is 2. The molecule has 2 N–H and O–H groups in total. The van der Waals surface area contributed by atoms with Crippen molar-refractivity contribution in [3.8, 4) is 5.75 Å². The molecule has 0 aromatic heterocycles. The maximum absolute atomic E-state index is 13.1. The van der Waals surface area contributed by atoms with Gasteiger partial charge in [0, 0.05) is 6.42 Å². The third-order valence-electron chi connectivity index (χ3n) is 5.69. The third-order valence-corrected chi connectivity index (χ3v) is 5.69. The minimum atomic E-state index is -1.21. The fourth-order valence-corrected chi connectivity index (χ4v) is 3.95. The van der Waals surface area contributed by atoms with Crippen LogP contribution in [0, 0.1) is 0 Å². The maximum Gasteiger partial charge on any atom is 0.344 e. The standard InChI is InChI=1S/C26H25N3O4/c1-2-26(21-14-7-4-8-15-21)24(31)29(25(32)27-26)28-23(30)18-33-22-16-10-9-13-20(22)17-19-11-5-3-6-12-19/h3-16H,2,17-18H2,1H3,(H,27,32)(H,28,30)/t26-/m1/s1. The number of urea groups is 1. The minimum absolute atomic E-state index is 0.340. The van der Waals surface area contributed by atoms with Crippen molar-refractivity contribution < 1.29 is 19.1 Å². The van der Waals surface area contributed by atoms with E-state index in [1.807, 2.05) is 61.5 Å². The van der Waals surface area contributed by atoms with Crippen LogP contribution in [0.5, 0.6) is 5.75 Å². The van der Waals surface area contributed by atoms with Crippen LogP contribution in [0.1, 0.15) is 30.0 Å². The summed E-state index contributed by atoms with van der Waals surface area (Å²) < 4.78 is 5.73. The number of ether oxygens (including phenoxy) is 1. The van der Waals surface area contributed by atoms with Crippen LogP contribution < -0.4 is 15.5 Å². The number of rotatable bonds is 8. The number of nitrogens with one attached hydrogen (secondary N) is 2. The smallest absolute Gasteiger partial charge is 0.344 e. The zero-order valence-electron chi connectivity index (χ0n) is 18.3. The van der Waals surface area contributed by atoms with E-state index >= 15 is 0 Å². The molecule has 4 amide bonds. The number of carbonyl (C=O) groups excluding carboxylic acids is 3. The van der Waals surface area contributed by atoms with E-state index in [2.05, 4.69) is 10.7 Å².